The van der Waals surface area contributed by atoms with Gasteiger partial charge >= 0.3 is 0 Å². The van der Waals surface area contributed by atoms with E-state index in [-0.39, 0.29) is 5.82 Å². The summed E-state index contributed by atoms with van der Waals surface area (Å²) >= 11 is 0. The Morgan fingerprint density at radius 3 is 2.70 bits per heavy atom. The van der Waals surface area contributed by atoms with E-state index in [1.54, 1.807) is 12.1 Å². The van der Waals surface area contributed by atoms with Crippen molar-refractivity contribution in [1.82, 2.24) is 9.47 Å². The van der Waals surface area contributed by atoms with Crippen molar-refractivity contribution in [3.05, 3.63) is 53.5 Å². The molecular weight excluding hydrogens is 337 g/mol. The standard InChI is InChI=1S/C23H24FN3/c1-15(16-8-9-16)26-12-3-2-7-21(26)23-20(14-25)19-11-10-17(24)13-22(19)27(23)18-5-4-6-18/h2-3,7,10-11,13,15-16,18H,4-6,8-9,12H2,1H3/t15-/m0/s1. The Morgan fingerprint density at radius 2 is 2.04 bits per heavy atom. The third-order valence-corrected chi connectivity index (χ3v) is 6.56. The Bertz CT molecular complexity index is 999. The number of hydrogen-bond acceptors (Lipinski definition) is 2. The summed E-state index contributed by atoms with van der Waals surface area (Å²) in [6, 6.07) is 8.11. The lowest BCUT2D eigenvalue weighted by Crippen LogP contribution is -2.36. The first-order valence-corrected chi connectivity index (χ1v) is 10.1. The normalized spacial score (nSPS) is 21.1. The van der Waals surface area contributed by atoms with Crippen LogP contribution in [0.5, 0.6) is 0 Å². The predicted molar refractivity (Wildman–Crippen MR) is 106 cm³/mol. The minimum atomic E-state index is -0.239. The summed E-state index contributed by atoms with van der Waals surface area (Å²) in [6.07, 6.45) is 12.4. The van der Waals surface area contributed by atoms with Crippen molar-refractivity contribution in [1.29, 1.82) is 5.26 Å². The van der Waals surface area contributed by atoms with Gasteiger partial charge in [-0.15, -0.1) is 0 Å². The largest absolute Gasteiger partial charge is 0.363 e. The van der Waals surface area contributed by atoms with Crippen molar-refractivity contribution in [2.75, 3.05) is 6.54 Å². The van der Waals surface area contributed by atoms with Gasteiger partial charge in [0.25, 0.3) is 0 Å². The predicted octanol–water partition coefficient (Wildman–Crippen LogP) is 5.39. The zero-order valence-corrected chi connectivity index (χ0v) is 15.7. The number of rotatable bonds is 4. The molecule has 1 aromatic heterocycles. The number of halogens is 1. The van der Waals surface area contributed by atoms with Crippen molar-refractivity contribution >= 4 is 16.6 Å². The van der Waals surface area contributed by atoms with Crippen LogP contribution in [0, 0.1) is 23.1 Å². The molecule has 0 N–H and O–H groups in total. The van der Waals surface area contributed by atoms with Gasteiger partial charge in [-0.05, 0) is 69.2 Å². The molecule has 138 valence electrons. The van der Waals surface area contributed by atoms with E-state index in [1.807, 2.05) is 0 Å². The van der Waals surface area contributed by atoms with Crippen molar-refractivity contribution < 1.29 is 4.39 Å². The highest BCUT2D eigenvalue weighted by atomic mass is 19.1. The number of hydrogen-bond donors (Lipinski definition) is 0. The number of allylic oxidation sites excluding steroid dienone is 2. The number of nitrogens with zero attached hydrogens (tertiary/aromatic N) is 3. The molecule has 0 unspecified atom stereocenters. The molecule has 0 saturated heterocycles. The minimum absolute atomic E-state index is 0.239. The smallest absolute Gasteiger partial charge is 0.125 e. The highest BCUT2D eigenvalue weighted by Gasteiger charge is 2.36. The Morgan fingerprint density at radius 1 is 1.22 bits per heavy atom. The molecule has 0 bridgehead atoms. The molecule has 2 fully saturated rings. The van der Waals surface area contributed by atoms with Gasteiger partial charge < -0.3 is 9.47 Å². The van der Waals surface area contributed by atoms with Gasteiger partial charge in [-0.1, -0.05) is 12.2 Å². The second-order valence-electron chi connectivity index (χ2n) is 8.16. The molecule has 2 saturated carbocycles. The van der Waals surface area contributed by atoms with E-state index in [1.165, 1.54) is 25.3 Å². The van der Waals surface area contributed by atoms with Crippen LogP contribution in [0.15, 0.2) is 36.4 Å². The summed E-state index contributed by atoms with van der Waals surface area (Å²) in [5.74, 6) is 0.502. The summed E-state index contributed by atoms with van der Waals surface area (Å²) < 4.78 is 16.3. The number of fused-ring (bicyclic) bond motifs is 1. The maximum Gasteiger partial charge on any atom is 0.125 e. The van der Waals surface area contributed by atoms with Crippen LogP contribution in [0.4, 0.5) is 4.39 Å². The highest BCUT2D eigenvalue weighted by Crippen LogP contribution is 2.44. The van der Waals surface area contributed by atoms with Crippen LogP contribution in [0.25, 0.3) is 16.6 Å². The summed E-state index contributed by atoms with van der Waals surface area (Å²) in [6.45, 7) is 3.17. The monoisotopic (exact) mass is 361 g/mol. The van der Waals surface area contributed by atoms with Crippen LogP contribution in [0.3, 0.4) is 0 Å². The first-order valence-electron chi connectivity index (χ1n) is 10.1. The third kappa shape index (κ3) is 2.60. The third-order valence-electron chi connectivity index (χ3n) is 6.56. The van der Waals surface area contributed by atoms with E-state index in [9.17, 15) is 9.65 Å². The molecule has 1 aromatic carbocycles. The number of benzene rings is 1. The average molecular weight is 361 g/mol. The summed E-state index contributed by atoms with van der Waals surface area (Å²) in [5.41, 5.74) is 3.66. The van der Waals surface area contributed by atoms with Gasteiger partial charge in [0.2, 0.25) is 0 Å². The molecule has 2 aromatic rings. The van der Waals surface area contributed by atoms with E-state index in [2.05, 4.69) is 40.7 Å². The van der Waals surface area contributed by atoms with Gasteiger partial charge in [0.1, 0.15) is 11.9 Å². The Hall–Kier alpha value is -2.54. The van der Waals surface area contributed by atoms with Crippen LogP contribution >= 0.6 is 0 Å². The highest BCUT2D eigenvalue weighted by molar-refractivity contribution is 5.93. The molecule has 0 radical (unpaired) electrons. The lowest BCUT2D eigenvalue weighted by atomic mass is 9.92. The second kappa shape index (κ2) is 6.27. The summed E-state index contributed by atoms with van der Waals surface area (Å²) in [4.78, 5) is 2.44. The van der Waals surface area contributed by atoms with Crippen molar-refractivity contribution in [2.24, 2.45) is 5.92 Å². The molecule has 2 heterocycles. The van der Waals surface area contributed by atoms with E-state index >= 15 is 0 Å². The van der Waals surface area contributed by atoms with E-state index in [4.69, 9.17) is 0 Å². The first kappa shape index (κ1) is 16.6. The molecule has 5 rings (SSSR count). The fraction of sp³-hybridized carbons (Fsp3) is 0.435. The molecule has 0 amide bonds. The maximum absolute atomic E-state index is 14.1. The van der Waals surface area contributed by atoms with Gasteiger partial charge in [0.15, 0.2) is 0 Å². The molecule has 0 spiro atoms. The molecule has 1 atom stereocenters. The first-order chi connectivity index (χ1) is 13.2. The van der Waals surface area contributed by atoms with Gasteiger partial charge in [0, 0.05) is 24.0 Å². The van der Waals surface area contributed by atoms with E-state index in [0.717, 1.165) is 47.6 Å². The number of aromatic nitrogens is 1. The van der Waals surface area contributed by atoms with Crippen molar-refractivity contribution in [3.8, 4) is 6.07 Å². The van der Waals surface area contributed by atoms with Crippen LogP contribution in [-0.4, -0.2) is 22.1 Å². The SMILES string of the molecule is C[C@@H](C1CC1)N1CC=CC=C1c1c(C#N)c2ccc(F)cc2n1C1CCC1. The van der Waals surface area contributed by atoms with Crippen LogP contribution < -0.4 is 0 Å². The van der Waals surface area contributed by atoms with Crippen LogP contribution in [0.2, 0.25) is 0 Å². The van der Waals surface area contributed by atoms with Crippen molar-refractivity contribution in [3.63, 3.8) is 0 Å². The molecule has 2 aliphatic carbocycles. The van der Waals surface area contributed by atoms with Gasteiger partial charge in [0.05, 0.1) is 22.5 Å². The number of nitriles is 1. The molecule has 3 nitrogen and oxygen atoms in total. The summed E-state index contributed by atoms with van der Waals surface area (Å²) in [7, 11) is 0. The Balaban J connectivity index is 1.74. The topological polar surface area (TPSA) is 32.0 Å². The lowest BCUT2D eigenvalue weighted by molar-refractivity contribution is 0.293. The van der Waals surface area contributed by atoms with E-state index < -0.39 is 0 Å². The Labute approximate surface area is 159 Å². The molecule has 1 aliphatic heterocycles. The fourth-order valence-electron chi connectivity index (χ4n) is 4.63. The lowest BCUT2D eigenvalue weighted by Gasteiger charge is -2.37. The zero-order chi connectivity index (χ0) is 18.5. The second-order valence-corrected chi connectivity index (χ2v) is 8.16. The Kier molecular flexibility index (Phi) is 3.86. The maximum atomic E-state index is 14.1. The minimum Gasteiger partial charge on any atom is -0.363 e. The molecular formula is C23H24FN3. The molecule has 27 heavy (non-hydrogen) atoms. The molecule has 3 aliphatic rings. The van der Waals surface area contributed by atoms with Gasteiger partial charge in [-0.3, -0.25) is 0 Å². The van der Waals surface area contributed by atoms with Crippen LogP contribution in [0.1, 0.15) is 56.3 Å². The molecule has 4 heteroatoms. The quantitative estimate of drug-likeness (QED) is 0.731. The van der Waals surface area contributed by atoms with Crippen molar-refractivity contribution in [2.45, 2.75) is 51.1 Å². The van der Waals surface area contributed by atoms with Crippen LogP contribution in [-0.2, 0) is 0 Å². The van der Waals surface area contributed by atoms with E-state index in [0.29, 0.717) is 17.6 Å². The van der Waals surface area contributed by atoms with Gasteiger partial charge in [-0.25, -0.2) is 4.39 Å². The average Bonchev–Trinajstić information content (AvgIpc) is 3.44. The fourth-order valence-corrected chi connectivity index (χ4v) is 4.63. The van der Waals surface area contributed by atoms with Gasteiger partial charge in [-0.2, -0.15) is 5.26 Å². The summed E-state index contributed by atoms with van der Waals surface area (Å²) in [5, 5.41) is 10.9. The zero-order valence-electron chi connectivity index (χ0n) is 15.7.